The van der Waals surface area contributed by atoms with E-state index in [1.54, 1.807) is 27.2 Å². The van der Waals surface area contributed by atoms with Crippen molar-refractivity contribution in [1.82, 2.24) is 4.98 Å². The van der Waals surface area contributed by atoms with Crippen molar-refractivity contribution in [2.24, 2.45) is 0 Å². The summed E-state index contributed by atoms with van der Waals surface area (Å²) in [4.78, 5) is 6.43. The Morgan fingerprint density at radius 2 is 1.93 bits per heavy atom. The fourth-order valence-electron chi connectivity index (χ4n) is 3.40. The van der Waals surface area contributed by atoms with Crippen molar-refractivity contribution in [3.63, 3.8) is 0 Å². The van der Waals surface area contributed by atoms with Gasteiger partial charge in [-0.2, -0.15) is 5.26 Å². The number of pyridine rings is 1. The topological polar surface area (TPSA) is 78.6 Å². The molecule has 1 aromatic rings. The van der Waals surface area contributed by atoms with Gasteiger partial charge in [0.25, 0.3) is 0 Å². The number of aliphatic hydroxyl groups is 1. The summed E-state index contributed by atoms with van der Waals surface area (Å²) in [6.07, 6.45) is 6.36. The van der Waals surface area contributed by atoms with Crippen LogP contribution in [0.5, 0.6) is 0 Å². The first kappa shape index (κ1) is 19.6. The van der Waals surface area contributed by atoms with Gasteiger partial charge in [-0.15, -0.1) is 0 Å². The number of nitrogens with zero attached hydrogens (tertiary/aromatic N) is 3. The molecule has 144 valence electrons. The monoisotopic (exact) mass is 369 g/mol. The molecule has 0 spiro atoms. The first-order chi connectivity index (χ1) is 12.9. The summed E-state index contributed by atoms with van der Waals surface area (Å²) < 4.78 is 11.5. The van der Waals surface area contributed by atoms with Crippen LogP contribution in [0.4, 0.5) is 5.69 Å². The number of aromatic nitrogens is 1. The molecule has 6 heteroatoms. The first-order valence-electron chi connectivity index (χ1n) is 9.47. The van der Waals surface area contributed by atoms with Crippen LogP contribution in [0.2, 0.25) is 0 Å². The normalized spacial score (nSPS) is 23.1. The quantitative estimate of drug-likeness (QED) is 0.820. The molecule has 1 N–H and O–H groups in total. The van der Waals surface area contributed by atoms with E-state index in [0.29, 0.717) is 23.5 Å². The highest BCUT2D eigenvalue weighted by molar-refractivity contribution is 5.61. The molecule has 27 heavy (non-hydrogen) atoms. The molecule has 3 rings (SSSR count). The zero-order chi connectivity index (χ0) is 19.4. The van der Waals surface area contributed by atoms with Crippen LogP contribution >= 0.6 is 0 Å². The van der Waals surface area contributed by atoms with Crippen LogP contribution in [0.3, 0.4) is 0 Å². The Hall–Kier alpha value is -2.12. The zero-order valence-electron chi connectivity index (χ0n) is 16.2. The van der Waals surface area contributed by atoms with Crippen molar-refractivity contribution in [2.75, 3.05) is 25.1 Å². The molecule has 0 aromatic carbocycles. The zero-order valence-corrected chi connectivity index (χ0v) is 16.2. The molecule has 0 radical (unpaired) electrons. The summed E-state index contributed by atoms with van der Waals surface area (Å²) in [5.74, 6) is 5.66. The SMILES string of the molecule is COC1CC(OC2CCN(c3cc(C#CC(C)(C)O)ncc3C#N)CC2)C1. The number of anilines is 1. The molecule has 6 nitrogen and oxygen atoms in total. The lowest BCUT2D eigenvalue weighted by molar-refractivity contribution is -0.119. The maximum absolute atomic E-state index is 9.77. The number of hydrogen-bond donors (Lipinski definition) is 1. The van der Waals surface area contributed by atoms with Gasteiger partial charge in [0.15, 0.2) is 0 Å². The Morgan fingerprint density at radius 3 is 2.52 bits per heavy atom. The Morgan fingerprint density at radius 1 is 1.22 bits per heavy atom. The van der Waals surface area contributed by atoms with Gasteiger partial charge in [-0.3, -0.25) is 0 Å². The Kier molecular flexibility index (Phi) is 6.01. The third kappa shape index (κ3) is 5.20. The summed E-state index contributed by atoms with van der Waals surface area (Å²) >= 11 is 0. The maximum Gasteiger partial charge on any atom is 0.120 e. The lowest BCUT2D eigenvalue weighted by atomic mass is 9.91. The van der Waals surface area contributed by atoms with Crippen molar-refractivity contribution in [1.29, 1.82) is 5.26 Å². The fourth-order valence-corrected chi connectivity index (χ4v) is 3.40. The molecular formula is C21H27N3O3. The first-order valence-corrected chi connectivity index (χ1v) is 9.47. The van der Waals surface area contributed by atoms with Gasteiger partial charge in [0.2, 0.25) is 0 Å². The van der Waals surface area contributed by atoms with Crippen LogP contribution in [-0.4, -0.2) is 54.2 Å². The van der Waals surface area contributed by atoms with Crippen LogP contribution < -0.4 is 4.90 Å². The number of hydrogen-bond acceptors (Lipinski definition) is 6. The average molecular weight is 369 g/mol. The van der Waals surface area contributed by atoms with Crippen LogP contribution in [0.25, 0.3) is 0 Å². The maximum atomic E-state index is 9.77. The van der Waals surface area contributed by atoms with Crippen LogP contribution in [0.1, 0.15) is 50.8 Å². The molecule has 0 bridgehead atoms. The van der Waals surface area contributed by atoms with E-state index in [0.717, 1.165) is 44.5 Å². The summed E-state index contributed by atoms with van der Waals surface area (Å²) in [6.45, 7) is 4.93. The van der Waals surface area contributed by atoms with Crippen LogP contribution in [0.15, 0.2) is 12.3 Å². The second kappa shape index (κ2) is 8.27. The fraction of sp³-hybridized carbons (Fsp3) is 0.619. The predicted molar refractivity (Wildman–Crippen MR) is 102 cm³/mol. The van der Waals surface area contributed by atoms with E-state index >= 15 is 0 Å². The van der Waals surface area contributed by atoms with E-state index in [1.165, 1.54) is 0 Å². The third-order valence-electron chi connectivity index (χ3n) is 5.05. The van der Waals surface area contributed by atoms with Crippen molar-refractivity contribution in [2.45, 2.75) is 63.4 Å². The summed E-state index contributed by atoms with van der Waals surface area (Å²) in [7, 11) is 1.75. The van der Waals surface area contributed by atoms with E-state index in [9.17, 15) is 10.4 Å². The largest absolute Gasteiger partial charge is 0.381 e. The molecule has 2 aliphatic rings. The highest BCUT2D eigenvalue weighted by atomic mass is 16.5. The molecule has 0 amide bonds. The van der Waals surface area contributed by atoms with Crippen molar-refractivity contribution in [3.8, 4) is 17.9 Å². The second-order valence-electron chi connectivity index (χ2n) is 7.78. The smallest absolute Gasteiger partial charge is 0.120 e. The van der Waals surface area contributed by atoms with Gasteiger partial charge in [-0.1, -0.05) is 5.92 Å². The molecular weight excluding hydrogens is 342 g/mol. The number of nitriles is 1. The molecule has 1 saturated heterocycles. The van der Waals surface area contributed by atoms with Gasteiger partial charge in [0, 0.05) is 26.4 Å². The third-order valence-corrected chi connectivity index (χ3v) is 5.05. The number of methoxy groups -OCH3 is 1. The minimum absolute atomic E-state index is 0.269. The van der Waals surface area contributed by atoms with E-state index in [2.05, 4.69) is 27.8 Å². The van der Waals surface area contributed by atoms with Crippen molar-refractivity contribution >= 4 is 5.69 Å². The van der Waals surface area contributed by atoms with E-state index in [1.807, 2.05) is 6.07 Å². The molecule has 1 saturated carbocycles. The van der Waals surface area contributed by atoms with E-state index in [-0.39, 0.29) is 6.10 Å². The highest BCUT2D eigenvalue weighted by Crippen LogP contribution is 2.30. The number of rotatable bonds is 4. The lowest BCUT2D eigenvalue weighted by Gasteiger charge is -2.40. The Labute approximate surface area is 161 Å². The van der Waals surface area contributed by atoms with Crippen molar-refractivity contribution < 1.29 is 14.6 Å². The number of piperidine rings is 1. The van der Waals surface area contributed by atoms with Gasteiger partial charge in [0.1, 0.15) is 17.4 Å². The van der Waals surface area contributed by atoms with Crippen LogP contribution in [-0.2, 0) is 9.47 Å². The molecule has 2 fully saturated rings. The Bertz CT molecular complexity index is 756. The molecule has 1 aliphatic heterocycles. The van der Waals surface area contributed by atoms with Crippen LogP contribution in [0, 0.1) is 23.2 Å². The average Bonchev–Trinajstić information content (AvgIpc) is 2.62. The van der Waals surface area contributed by atoms with E-state index < -0.39 is 5.60 Å². The van der Waals surface area contributed by atoms with Gasteiger partial charge in [0.05, 0.1) is 29.6 Å². The summed E-state index contributed by atoms with van der Waals surface area (Å²) in [5, 5.41) is 19.2. The minimum atomic E-state index is -1.07. The van der Waals surface area contributed by atoms with E-state index in [4.69, 9.17) is 9.47 Å². The van der Waals surface area contributed by atoms with Crippen molar-refractivity contribution in [3.05, 3.63) is 23.5 Å². The van der Waals surface area contributed by atoms with Gasteiger partial charge >= 0.3 is 0 Å². The second-order valence-corrected chi connectivity index (χ2v) is 7.78. The summed E-state index contributed by atoms with van der Waals surface area (Å²) in [5.41, 5.74) is 0.887. The van der Waals surface area contributed by atoms with Gasteiger partial charge < -0.3 is 19.5 Å². The molecule has 2 heterocycles. The Balaban J connectivity index is 1.62. The van der Waals surface area contributed by atoms with Gasteiger partial charge in [-0.05, 0) is 51.5 Å². The predicted octanol–water partition coefficient (Wildman–Crippen LogP) is 2.24. The highest BCUT2D eigenvalue weighted by Gasteiger charge is 2.33. The van der Waals surface area contributed by atoms with Gasteiger partial charge in [-0.25, -0.2) is 4.98 Å². The molecule has 1 aliphatic carbocycles. The molecule has 0 atom stereocenters. The molecule has 1 aromatic heterocycles. The standard InChI is InChI=1S/C21H27N3O3/c1-21(2,25)7-4-16-10-20(15(13-22)14-23-16)24-8-5-17(6-9-24)27-19-11-18(12-19)26-3/h10,14,17-19,25H,5-6,8-9,11-12H2,1-3H3. The lowest BCUT2D eigenvalue weighted by Crippen LogP contribution is -2.43. The summed E-state index contributed by atoms with van der Waals surface area (Å²) in [6, 6.07) is 4.06. The molecule has 0 unspecified atom stereocenters. The number of ether oxygens (including phenoxy) is 2. The minimum Gasteiger partial charge on any atom is -0.381 e.